The highest BCUT2D eigenvalue weighted by atomic mass is 15.2. The molecule has 17 rings (SSSR count). The normalized spacial score (nSPS) is 15.0. The Morgan fingerprint density at radius 2 is 0.659 bits per heavy atom. The van der Waals surface area contributed by atoms with E-state index in [0.29, 0.717) is 0 Å². The predicted molar refractivity (Wildman–Crippen MR) is 339 cm³/mol. The Morgan fingerprint density at radius 1 is 0.232 bits per heavy atom. The summed E-state index contributed by atoms with van der Waals surface area (Å²) in [5.41, 5.74) is 31.0. The number of rotatable bonds is 8. The lowest BCUT2D eigenvalue weighted by Crippen LogP contribution is -2.35. The van der Waals surface area contributed by atoms with Crippen molar-refractivity contribution >= 4 is 34.1 Å². The summed E-state index contributed by atoms with van der Waals surface area (Å²) in [6.07, 6.45) is 0. The molecular formula is C80H52N2. The van der Waals surface area contributed by atoms with Crippen LogP contribution in [0.3, 0.4) is 0 Å². The van der Waals surface area contributed by atoms with Gasteiger partial charge in [0.25, 0.3) is 0 Å². The fourth-order valence-electron chi connectivity index (χ4n) is 15.0. The summed E-state index contributed by atoms with van der Waals surface area (Å²) in [5.74, 6) is 0. The molecule has 0 bridgehead atoms. The van der Waals surface area contributed by atoms with Gasteiger partial charge in [-0.15, -0.1) is 0 Å². The second kappa shape index (κ2) is 18.0. The molecule has 0 radical (unpaired) electrons. The Labute approximate surface area is 478 Å². The molecule has 0 aromatic heterocycles. The molecule has 1 aliphatic heterocycles. The largest absolute Gasteiger partial charge is 0.310 e. The van der Waals surface area contributed by atoms with Gasteiger partial charge in [-0.3, -0.25) is 0 Å². The standard InChI is InChI=1S/C80H52N2/c1-5-22-53(23-6-1)54-40-44-59(45-41-54)81(61-48-49-65-64-32-15-18-36-72(64)80(74(65)50-61)70-34-16-13-30-62(70)63-31-14-17-35-71(63)80)60-46-42-56(43-47-60)68-52-75-69(51-67(68)55-24-7-2-8-25-55)66-33-21-39-77-78(66)79(75,57-26-9-3-10-27-57)73-37-19-20-38-76(73)82(77)58-28-11-4-12-29-58/h1-52H. The molecule has 0 amide bonds. The van der Waals surface area contributed by atoms with E-state index in [1.54, 1.807) is 0 Å². The van der Waals surface area contributed by atoms with Crippen molar-refractivity contribution in [3.63, 3.8) is 0 Å². The van der Waals surface area contributed by atoms with E-state index in [1.807, 2.05) is 0 Å². The third kappa shape index (κ3) is 6.46. The van der Waals surface area contributed by atoms with Gasteiger partial charge in [0.05, 0.1) is 22.2 Å². The number of benzene rings is 13. The predicted octanol–water partition coefficient (Wildman–Crippen LogP) is 20.6. The van der Waals surface area contributed by atoms with Gasteiger partial charge in [0.1, 0.15) is 0 Å². The van der Waals surface area contributed by atoms with Crippen LogP contribution in [0.4, 0.5) is 34.1 Å². The van der Waals surface area contributed by atoms with Gasteiger partial charge in [-0.05, 0) is 179 Å². The quantitative estimate of drug-likeness (QED) is 0.150. The summed E-state index contributed by atoms with van der Waals surface area (Å²) in [4.78, 5) is 4.94. The van der Waals surface area contributed by atoms with Crippen molar-refractivity contribution in [1.82, 2.24) is 0 Å². The first-order chi connectivity index (χ1) is 40.7. The van der Waals surface area contributed by atoms with E-state index < -0.39 is 10.8 Å². The minimum absolute atomic E-state index is 0.473. The Morgan fingerprint density at radius 3 is 1.28 bits per heavy atom. The summed E-state index contributed by atoms with van der Waals surface area (Å²) in [7, 11) is 0. The molecule has 3 aliphatic carbocycles. The highest BCUT2D eigenvalue weighted by Gasteiger charge is 2.54. The molecule has 13 aromatic rings. The van der Waals surface area contributed by atoms with Crippen molar-refractivity contribution in [1.29, 1.82) is 0 Å². The van der Waals surface area contributed by atoms with Crippen LogP contribution in [0.25, 0.3) is 66.8 Å². The monoisotopic (exact) mass is 1040 g/mol. The second-order valence-electron chi connectivity index (χ2n) is 22.2. The molecule has 1 unspecified atom stereocenters. The summed E-state index contributed by atoms with van der Waals surface area (Å²) in [5, 5.41) is 0. The van der Waals surface area contributed by atoms with Crippen molar-refractivity contribution in [2.24, 2.45) is 0 Å². The van der Waals surface area contributed by atoms with Crippen LogP contribution < -0.4 is 9.80 Å². The number of hydrogen-bond acceptors (Lipinski definition) is 2. The summed E-state index contributed by atoms with van der Waals surface area (Å²) >= 11 is 0. The molecule has 2 heteroatoms. The highest BCUT2D eigenvalue weighted by molar-refractivity contribution is 6.03. The summed E-state index contributed by atoms with van der Waals surface area (Å²) in [6, 6.07) is 118. The number of hydrogen-bond donors (Lipinski definition) is 0. The molecule has 2 nitrogen and oxygen atoms in total. The van der Waals surface area contributed by atoms with E-state index in [9.17, 15) is 0 Å². The lowest BCUT2D eigenvalue weighted by molar-refractivity contribution is 0.754. The van der Waals surface area contributed by atoms with E-state index in [4.69, 9.17) is 0 Å². The Kier molecular flexibility index (Phi) is 10.2. The molecule has 382 valence electrons. The zero-order valence-corrected chi connectivity index (χ0v) is 44.9. The number of fused-ring (bicyclic) bond motifs is 15. The van der Waals surface area contributed by atoms with Crippen LogP contribution in [0.15, 0.2) is 315 Å². The zero-order valence-electron chi connectivity index (χ0n) is 44.9. The fourth-order valence-corrected chi connectivity index (χ4v) is 15.0. The first-order valence-electron chi connectivity index (χ1n) is 28.6. The molecule has 4 aliphatic rings. The summed E-state index contributed by atoms with van der Waals surface area (Å²) < 4.78 is 0. The molecule has 0 N–H and O–H groups in total. The van der Waals surface area contributed by atoms with Crippen molar-refractivity contribution in [3.05, 3.63) is 360 Å². The maximum atomic E-state index is 2.55. The number of para-hydroxylation sites is 2. The van der Waals surface area contributed by atoms with Gasteiger partial charge >= 0.3 is 0 Å². The van der Waals surface area contributed by atoms with E-state index in [1.165, 1.54) is 117 Å². The number of nitrogens with zero attached hydrogens (tertiary/aromatic N) is 2. The van der Waals surface area contributed by atoms with Crippen LogP contribution in [0.2, 0.25) is 0 Å². The Balaban J connectivity index is 0.870. The maximum Gasteiger partial charge on any atom is 0.0754 e. The van der Waals surface area contributed by atoms with Gasteiger partial charge in [-0.2, -0.15) is 0 Å². The van der Waals surface area contributed by atoms with Crippen LogP contribution >= 0.6 is 0 Å². The molecule has 1 heterocycles. The third-order valence-corrected chi connectivity index (χ3v) is 18.3. The van der Waals surface area contributed by atoms with Crippen molar-refractivity contribution < 1.29 is 0 Å². The van der Waals surface area contributed by atoms with Gasteiger partial charge in [-0.25, -0.2) is 0 Å². The average Bonchev–Trinajstić information content (AvgIpc) is 3.95. The first-order valence-corrected chi connectivity index (χ1v) is 28.6. The van der Waals surface area contributed by atoms with Crippen molar-refractivity contribution in [3.8, 4) is 66.8 Å². The molecular weight excluding hydrogens is 989 g/mol. The average molecular weight is 1040 g/mol. The smallest absolute Gasteiger partial charge is 0.0754 e. The van der Waals surface area contributed by atoms with E-state index in [-0.39, 0.29) is 0 Å². The highest BCUT2D eigenvalue weighted by Crippen LogP contribution is 2.67. The fraction of sp³-hybridized carbons (Fsp3) is 0.0250. The van der Waals surface area contributed by atoms with Crippen LogP contribution in [0.5, 0.6) is 0 Å². The lowest BCUT2D eigenvalue weighted by Gasteiger charge is -2.44. The molecule has 82 heavy (non-hydrogen) atoms. The maximum absolute atomic E-state index is 2.55. The second-order valence-corrected chi connectivity index (χ2v) is 22.2. The molecule has 1 atom stereocenters. The minimum atomic E-state index is -0.595. The van der Waals surface area contributed by atoms with Crippen molar-refractivity contribution in [2.45, 2.75) is 10.8 Å². The first kappa shape index (κ1) is 46.4. The van der Waals surface area contributed by atoms with Gasteiger partial charge < -0.3 is 9.80 Å². The van der Waals surface area contributed by atoms with Gasteiger partial charge in [0.2, 0.25) is 0 Å². The molecule has 13 aromatic carbocycles. The Bertz CT molecular complexity index is 4600. The van der Waals surface area contributed by atoms with Crippen LogP contribution in [0, 0.1) is 0 Å². The molecule has 0 saturated heterocycles. The van der Waals surface area contributed by atoms with E-state index in [0.717, 1.165) is 28.3 Å². The van der Waals surface area contributed by atoms with Gasteiger partial charge in [-0.1, -0.05) is 243 Å². The minimum Gasteiger partial charge on any atom is -0.310 e. The lowest BCUT2D eigenvalue weighted by atomic mass is 9.64. The molecule has 0 fully saturated rings. The SMILES string of the molecule is c1ccc(-c2ccc(N(c3ccc(-c4cc5c(cc4-c4ccccc4)-c4cccc6c4C5(c4ccccc4)c4ccccc4N6c4ccccc4)cc3)c3ccc4c(c3)C3(c5ccccc5-c5ccccc53)c3ccccc3-4)cc2)cc1. The number of anilines is 6. The van der Waals surface area contributed by atoms with Crippen LogP contribution in [-0.4, -0.2) is 0 Å². The van der Waals surface area contributed by atoms with Crippen molar-refractivity contribution in [2.75, 3.05) is 9.80 Å². The van der Waals surface area contributed by atoms with Gasteiger partial charge in [0, 0.05) is 28.3 Å². The van der Waals surface area contributed by atoms with E-state index >= 15 is 0 Å². The van der Waals surface area contributed by atoms with E-state index in [2.05, 4.69) is 325 Å². The third-order valence-electron chi connectivity index (χ3n) is 18.3. The molecule has 1 spiro atoms. The molecule has 0 saturated carbocycles. The van der Waals surface area contributed by atoms with Crippen LogP contribution in [-0.2, 0) is 10.8 Å². The van der Waals surface area contributed by atoms with Crippen LogP contribution in [0.1, 0.15) is 44.5 Å². The van der Waals surface area contributed by atoms with Gasteiger partial charge in [0.15, 0.2) is 0 Å². The Hall–Kier alpha value is -10.5. The summed E-state index contributed by atoms with van der Waals surface area (Å²) in [6.45, 7) is 0. The topological polar surface area (TPSA) is 6.48 Å². The zero-order chi connectivity index (χ0) is 53.9.